The van der Waals surface area contributed by atoms with Crippen molar-refractivity contribution < 1.29 is 9.90 Å². The van der Waals surface area contributed by atoms with Crippen molar-refractivity contribution in [1.82, 2.24) is 4.90 Å². The largest absolute Gasteiger partial charge is 0.480 e. The van der Waals surface area contributed by atoms with Gasteiger partial charge in [0.15, 0.2) is 0 Å². The lowest BCUT2D eigenvalue weighted by molar-refractivity contribution is -0.142. The normalized spacial score (nSPS) is 19.9. The van der Waals surface area contributed by atoms with Crippen LogP contribution in [-0.4, -0.2) is 28.6 Å². The third-order valence-electron chi connectivity index (χ3n) is 2.98. The van der Waals surface area contributed by atoms with Crippen LogP contribution in [0.15, 0.2) is 28.7 Å². The molecule has 0 radical (unpaired) electrons. The molecule has 0 bridgehead atoms. The number of halogens is 2. The fraction of sp³-hybridized carbons (Fsp3) is 0.417. The standard InChI is InChI=1S/C12H14BrNO2.ClH/c13-10-5-2-1-4-9(10)8-14-7-3-6-11(14)12(15)16;/h1-2,4-5,11H,3,6-8H2,(H,15,16);1H/t11-;/m0./s1. The Morgan fingerprint density at radius 1 is 1.47 bits per heavy atom. The van der Waals surface area contributed by atoms with Gasteiger partial charge in [-0.05, 0) is 31.0 Å². The van der Waals surface area contributed by atoms with Gasteiger partial charge in [-0.25, -0.2) is 0 Å². The molecule has 3 nitrogen and oxygen atoms in total. The Labute approximate surface area is 115 Å². The van der Waals surface area contributed by atoms with Crippen LogP contribution in [0.1, 0.15) is 18.4 Å². The van der Waals surface area contributed by atoms with E-state index in [9.17, 15) is 4.79 Å². The summed E-state index contributed by atoms with van der Waals surface area (Å²) in [5.74, 6) is -0.704. The molecular weight excluding hydrogens is 305 g/mol. The summed E-state index contributed by atoms with van der Waals surface area (Å²) >= 11 is 3.49. The van der Waals surface area contributed by atoms with Gasteiger partial charge in [0.2, 0.25) is 0 Å². The number of rotatable bonds is 3. The Balaban J connectivity index is 0.00000144. The van der Waals surface area contributed by atoms with Crippen molar-refractivity contribution >= 4 is 34.3 Å². The van der Waals surface area contributed by atoms with Crippen molar-refractivity contribution in [2.45, 2.75) is 25.4 Å². The predicted molar refractivity (Wildman–Crippen MR) is 72.5 cm³/mol. The minimum atomic E-state index is -0.704. The van der Waals surface area contributed by atoms with E-state index in [1.165, 1.54) is 0 Å². The summed E-state index contributed by atoms with van der Waals surface area (Å²) < 4.78 is 1.05. The van der Waals surface area contributed by atoms with Crippen LogP contribution >= 0.6 is 28.3 Å². The highest BCUT2D eigenvalue weighted by atomic mass is 79.9. The highest BCUT2D eigenvalue weighted by Crippen LogP contribution is 2.23. The first-order valence-electron chi connectivity index (χ1n) is 5.39. The van der Waals surface area contributed by atoms with Crippen LogP contribution in [0, 0.1) is 0 Å². The fourth-order valence-electron chi connectivity index (χ4n) is 2.14. The SMILES string of the molecule is Cl.O=C(O)[C@@H]1CCCN1Cc1ccccc1Br. The van der Waals surface area contributed by atoms with Gasteiger partial charge in [0.1, 0.15) is 6.04 Å². The van der Waals surface area contributed by atoms with E-state index < -0.39 is 5.97 Å². The maximum absolute atomic E-state index is 11.0. The summed E-state index contributed by atoms with van der Waals surface area (Å²) in [5.41, 5.74) is 1.15. The molecular formula is C12H15BrClNO2. The van der Waals surface area contributed by atoms with E-state index in [4.69, 9.17) is 5.11 Å². The van der Waals surface area contributed by atoms with Crippen LogP contribution in [0.2, 0.25) is 0 Å². The molecule has 2 rings (SSSR count). The van der Waals surface area contributed by atoms with E-state index in [1.807, 2.05) is 29.2 Å². The fourth-order valence-corrected chi connectivity index (χ4v) is 2.55. The molecule has 0 aromatic heterocycles. The van der Waals surface area contributed by atoms with E-state index in [-0.39, 0.29) is 18.4 Å². The average Bonchev–Trinajstić information content (AvgIpc) is 2.69. The van der Waals surface area contributed by atoms with Crippen molar-refractivity contribution in [2.75, 3.05) is 6.54 Å². The molecule has 0 amide bonds. The summed E-state index contributed by atoms with van der Waals surface area (Å²) in [5, 5.41) is 9.08. The monoisotopic (exact) mass is 319 g/mol. The Bertz CT molecular complexity index is 400. The number of hydrogen-bond acceptors (Lipinski definition) is 2. The van der Waals surface area contributed by atoms with Gasteiger partial charge in [-0.1, -0.05) is 34.1 Å². The molecule has 1 fully saturated rings. The molecule has 94 valence electrons. The van der Waals surface area contributed by atoms with E-state index in [2.05, 4.69) is 15.9 Å². The van der Waals surface area contributed by atoms with Gasteiger partial charge in [0.05, 0.1) is 0 Å². The highest BCUT2D eigenvalue weighted by Gasteiger charge is 2.30. The Morgan fingerprint density at radius 2 is 2.18 bits per heavy atom. The summed E-state index contributed by atoms with van der Waals surface area (Å²) in [6.07, 6.45) is 1.74. The molecule has 0 spiro atoms. The van der Waals surface area contributed by atoms with Gasteiger partial charge in [-0.15, -0.1) is 12.4 Å². The van der Waals surface area contributed by atoms with Crippen LogP contribution < -0.4 is 0 Å². The number of carboxylic acid groups (broad SMARTS) is 1. The minimum Gasteiger partial charge on any atom is -0.480 e. The molecule has 0 unspecified atom stereocenters. The second-order valence-electron chi connectivity index (χ2n) is 4.06. The van der Waals surface area contributed by atoms with E-state index in [1.54, 1.807) is 0 Å². The summed E-state index contributed by atoms with van der Waals surface area (Å²) in [4.78, 5) is 13.1. The second-order valence-corrected chi connectivity index (χ2v) is 4.91. The first kappa shape index (κ1) is 14.5. The molecule has 17 heavy (non-hydrogen) atoms. The minimum absolute atomic E-state index is 0. The molecule has 0 aliphatic carbocycles. The lowest BCUT2D eigenvalue weighted by atomic mass is 10.2. The Hall–Kier alpha value is -0.580. The van der Waals surface area contributed by atoms with E-state index in [0.717, 1.165) is 29.4 Å². The first-order chi connectivity index (χ1) is 7.68. The van der Waals surface area contributed by atoms with Crippen molar-refractivity contribution in [2.24, 2.45) is 0 Å². The summed E-state index contributed by atoms with van der Waals surface area (Å²) in [6, 6.07) is 7.65. The number of aliphatic carboxylic acids is 1. The number of benzene rings is 1. The molecule has 5 heteroatoms. The van der Waals surface area contributed by atoms with Gasteiger partial charge in [0.25, 0.3) is 0 Å². The van der Waals surface area contributed by atoms with E-state index >= 15 is 0 Å². The van der Waals surface area contributed by atoms with Crippen molar-refractivity contribution in [3.05, 3.63) is 34.3 Å². The van der Waals surface area contributed by atoms with Gasteiger partial charge < -0.3 is 5.11 Å². The first-order valence-corrected chi connectivity index (χ1v) is 6.18. The van der Waals surface area contributed by atoms with Crippen molar-refractivity contribution in [3.8, 4) is 0 Å². The van der Waals surface area contributed by atoms with Gasteiger partial charge in [0, 0.05) is 11.0 Å². The lowest BCUT2D eigenvalue weighted by Crippen LogP contribution is -2.35. The lowest BCUT2D eigenvalue weighted by Gasteiger charge is -2.21. The molecule has 1 N–H and O–H groups in total. The van der Waals surface area contributed by atoms with Gasteiger partial charge in [-0.2, -0.15) is 0 Å². The maximum Gasteiger partial charge on any atom is 0.320 e. The molecule has 1 atom stereocenters. The number of nitrogens with zero attached hydrogens (tertiary/aromatic N) is 1. The topological polar surface area (TPSA) is 40.5 Å². The van der Waals surface area contributed by atoms with Gasteiger partial charge in [-0.3, -0.25) is 9.69 Å². The zero-order chi connectivity index (χ0) is 11.5. The average molecular weight is 321 g/mol. The molecule has 1 aliphatic heterocycles. The Kier molecular flexibility index (Phi) is 5.43. The van der Waals surface area contributed by atoms with Crippen LogP contribution in [0.4, 0.5) is 0 Å². The quantitative estimate of drug-likeness (QED) is 0.931. The Morgan fingerprint density at radius 3 is 2.82 bits per heavy atom. The smallest absolute Gasteiger partial charge is 0.320 e. The van der Waals surface area contributed by atoms with Crippen molar-refractivity contribution in [1.29, 1.82) is 0 Å². The molecule has 1 saturated heterocycles. The van der Waals surface area contributed by atoms with Gasteiger partial charge >= 0.3 is 5.97 Å². The predicted octanol–water partition coefficient (Wildman–Crippen LogP) is 2.92. The summed E-state index contributed by atoms with van der Waals surface area (Å²) in [6.45, 7) is 1.58. The molecule has 0 saturated carbocycles. The zero-order valence-corrected chi connectivity index (χ0v) is 11.7. The number of hydrogen-bond donors (Lipinski definition) is 1. The summed E-state index contributed by atoms with van der Waals surface area (Å²) in [7, 11) is 0. The highest BCUT2D eigenvalue weighted by molar-refractivity contribution is 9.10. The molecule has 1 aromatic rings. The number of likely N-dealkylation sites (tertiary alicyclic amines) is 1. The van der Waals surface area contributed by atoms with Crippen LogP contribution in [0.3, 0.4) is 0 Å². The van der Waals surface area contributed by atoms with E-state index in [0.29, 0.717) is 6.54 Å². The number of carboxylic acids is 1. The van der Waals surface area contributed by atoms with Crippen LogP contribution in [0.5, 0.6) is 0 Å². The second kappa shape index (κ2) is 6.38. The maximum atomic E-state index is 11.0. The zero-order valence-electron chi connectivity index (χ0n) is 9.30. The third kappa shape index (κ3) is 3.44. The number of carbonyl (C=O) groups is 1. The molecule has 1 aliphatic rings. The molecule has 1 aromatic carbocycles. The molecule has 1 heterocycles. The van der Waals surface area contributed by atoms with Crippen molar-refractivity contribution in [3.63, 3.8) is 0 Å². The van der Waals surface area contributed by atoms with Crippen LogP contribution in [-0.2, 0) is 11.3 Å². The van der Waals surface area contributed by atoms with Crippen LogP contribution in [0.25, 0.3) is 0 Å². The third-order valence-corrected chi connectivity index (χ3v) is 3.75.